The second-order valence-electron chi connectivity index (χ2n) is 10.8. The Labute approximate surface area is 233 Å². The number of hydrogen-bond donors (Lipinski definition) is 4. The number of aliphatic hydroxyl groups excluding tert-OH is 2. The van der Waals surface area contributed by atoms with Crippen molar-refractivity contribution in [1.29, 1.82) is 0 Å². The van der Waals surface area contributed by atoms with Crippen LogP contribution in [0.25, 0.3) is 0 Å². The molecule has 0 fully saturated rings. The van der Waals surface area contributed by atoms with Crippen molar-refractivity contribution < 1.29 is 29.3 Å². The fourth-order valence-electron chi connectivity index (χ4n) is 4.57. The van der Waals surface area contributed by atoms with Crippen LogP contribution in [-0.4, -0.2) is 74.8 Å². The minimum atomic E-state index is 0.0180. The molecule has 0 bridgehead atoms. The van der Waals surface area contributed by atoms with E-state index in [1.165, 1.54) is 64.2 Å². The van der Waals surface area contributed by atoms with Crippen LogP contribution in [0.2, 0.25) is 0 Å². The largest absolute Gasteiger partial charge is 0.394 e. The molecule has 38 heavy (non-hydrogen) atoms. The molecule has 0 aliphatic carbocycles. The molecule has 0 aromatic heterocycles. The Morgan fingerprint density at radius 2 is 0.895 bits per heavy atom. The van der Waals surface area contributed by atoms with E-state index in [-0.39, 0.29) is 25.0 Å². The minimum Gasteiger partial charge on any atom is -0.394 e. The summed E-state index contributed by atoms with van der Waals surface area (Å²) in [5, 5.41) is 23.0. The highest BCUT2D eigenvalue weighted by Gasteiger charge is 2.06. The van der Waals surface area contributed by atoms with Crippen LogP contribution in [-0.2, 0) is 19.1 Å². The number of carbonyl (C=O) groups excluding carboxylic acids is 2. The summed E-state index contributed by atoms with van der Waals surface area (Å²) >= 11 is 0. The van der Waals surface area contributed by atoms with Gasteiger partial charge in [0, 0.05) is 25.9 Å². The maximum atomic E-state index is 11.7. The average Bonchev–Trinajstić information content (AvgIpc) is 2.90. The van der Waals surface area contributed by atoms with Crippen LogP contribution in [0, 0.1) is 11.8 Å². The predicted molar refractivity (Wildman–Crippen MR) is 154 cm³/mol. The molecule has 0 aromatic carbocycles. The van der Waals surface area contributed by atoms with Crippen LogP contribution >= 0.6 is 0 Å². The number of unbranched alkanes of at least 4 members (excludes halogenated alkanes) is 7. The number of hydrogen-bond acceptors (Lipinski definition) is 6. The van der Waals surface area contributed by atoms with Crippen molar-refractivity contribution in [2.24, 2.45) is 11.8 Å². The standard InChI is InChI=1S/C30H60N2O6/c1-27(13-7-3-5-9-17-29(35)31-19-23-37-25-21-33)15-11-12-16-28(2)14-8-4-6-10-18-30(36)32-20-24-38-26-22-34/h27-28,33-34H,3-26H2,1-2H3,(H,31,35)(H,32,36). The first-order valence-corrected chi connectivity index (χ1v) is 15.4. The van der Waals surface area contributed by atoms with Gasteiger partial charge in [0.05, 0.1) is 39.6 Å². The molecule has 8 nitrogen and oxygen atoms in total. The smallest absolute Gasteiger partial charge is 0.220 e. The summed E-state index contributed by atoms with van der Waals surface area (Å²) in [4.78, 5) is 23.5. The van der Waals surface area contributed by atoms with Crippen molar-refractivity contribution in [3.8, 4) is 0 Å². The molecule has 0 saturated heterocycles. The van der Waals surface area contributed by atoms with Gasteiger partial charge in [-0.15, -0.1) is 0 Å². The van der Waals surface area contributed by atoms with Crippen molar-refractivity contribution in [2.75, 3.05) is 52.7 Å². The van der Waals surface area contributed by atoms with Crippen LogP contribution in [0.1, 0.15) is 117 Å². The Bertz CT molecular complexity index is 489. The van der Waals surface area contributed by atoms with Crippen LogP contribution in [0.15, 0.2) is 0 Å². The van der Waals surface area contributed by atoms with E-state index in [0.29, 0.717) is 52.4 Å². The second kappa shape index (κ2) is 28.8. The lowest BCUT2D eigenvalue weighted by Gasteiger charge is -2.14. The zero-order chi connectivity index (χ0) is 28.1. The van der Waals surface area contributed by atoms with Crippen molar-refractivity contribution in [3.05, 3.63) is 0 Å². The molecule has 0 aliphatic heterocycles. The first-order chi connectivity index (χ1) is 18.5. The summed E-state index contributed by atoms with van der Waals surface area (Å²) in [5.74, 6) is 1.77. The van der Waals surface area contributed by atoms with E-state index in [1.807, 2.05) is 0 Å². The van der Waals surface area contributed by atoms with E-state index in [4.69, 9.17) is 19.7 Å². The van der Waals surface area contributed by atoms with Gasteiger partial charge in [0.2, 0.25) is 11.8 Å². The summed E-state index contributed by atoms with van der Waals surface area (Å²) in [6.45, 7) is 7.38. The fraction of sp³-hybridized carbons (Fsp3) is 0.933. The molecule has 226 valence electrons. The van der Waals surface area contributed by atoms with Gasteiger partial charge in [-0.3, -0.25) is 9.59 Å². The Morgan fingerprint density at radius 1 is 0.553 bits per heavy atom. The van der Waals surface area contributed by atoms with Gasteiger partial charge in [-0.25, -0.2) is 0 Å². The van der Waals surface area contributed by atoms with E-state index in [9.17, 15) is 9.59 Å². The van der Waals surface area contributed by atoms with Gasteiger partial charge in [0.25, 0.3) is 0 Å². The highest BCUT2D eigenvalue weighted by Crippen LogP contribution is 2.21. The zero-order valence-electron chi connectivity index (χ0n) is 24.7. The SMILES string of the molecule is CC(CCCCCCC(=O)NCCOCCO)CCCCC(C)CCCCCCC(=O)NCCOCCO. The molecule has 2 atom stereocenters. The van der Waals surface area contributed by atoms with Crippen LogP contribution in [0.5, 0.6) is 0 Å². The molecule has 2 amide bonds. The predicted octanol–water partition coefficient (Wildman–Crippen LogP) is 4.75. The molecule has 0 spiro atoms. The average molecular weight is 545 g/mol. The summed E-state index contributed by atoms with van der Waals surface area (Å²) in [6.07, 6.45) is 18.1. The zero-order valence-corrected chi connectivity index (χ0v) is 24.7. The molecular weight excluding hydrogens is 484 g/mol. The molecule has 0 aliphatic rings. The van der Waals surface area contributed by atoms with E-state index in [2.05, 4.69) is 24.5 Å². The monoisotopic (exact) mass is 544 g/mol. The first kappa shape index (κ1) is 36.8. The molecule has 0 radical (unpaired) electrons. The maximum absolute atomic E-state index is 11.7. The highest BCUT2D eigenvalue weighted by atomic mass is 16.5. The van der Waals surface area contributed by atoms with Crippen molar-refractivity contribution in [3.63, 3.8) is 0 Å². The summed E-state index contributed by atoms with van der Waals surface area (Å²) < 4.78 is 10.3. The van der Waals surface area contributed by atoms with Gasteiger partial charge < -0.3 is 30.3 Å². The van der Waals surface area contributed by atoms with Gasteiger partial charge in [0.15, 0.2) is 0 Å². The van der Waals surface area contributed by atoms with Gasteiger partial charge in [-0.1, -0.05) is 90.9 Å². The van der Waals surface area contributed by atoms with Gasteiger partial charge >= 0.3 is 0 Å². The molecule has 0 aromatic rings. The molecular formula is C30H60N2O6. The van der Waals surface area contributed by atoms with Gasteiger partial charge in [0.1, 0.15) is 0 Å². The Morgan fingerprint density at radius 3 is 1.26 bits per heavy atom. The van der Waals surface area contributed by atoms with Crippen molar-refractivity contribution in [2.45, 2.75) is 117 Å². The quantitative estimate of drug-likeness (QED) is 0.101. The Hall–Kier alpha value is -1.22. The Balaban J connectivity index is 3.42. The lowest BCUT2D eigenvalue weighted by molar-refractivity contribution is -0.122. The number of amides is 2. The number of rotatable bonds is 29. The third-order valence-corrected chi connectivity index (χ3v) is 6.95. The lowest BCUT2D eigenvalue weighted by Crippen LogP contribution is -2.27. The maximum Gasteiger partial charge on any atom is 0.220 e. The molecule has 2 unspecified atom stereocenters. The van der Waals surface area contributed by atoms with Crippen LogP contribution in [0.3, 0.4) is 0 Å². The normalized spacial score (nSPS) is 12.8. The van der Waals surface area contributed by atoms with Gasteiger partial charge in [-0.05, 0) is 24.7 Å². The third-order valence-electron chi connectivity index (χ3n) is 6.95. The van der Waals surface area contributed by atoms with E-state index in [0.717, 1.165) is 37.5 Å². The van der Waals surface area contributed by atoms with E-state index < -0.39 is 0 Å². The number of carbonyl (C=O) groups is 2. The van der Waals surface area contributed by atoms with Gasteiger partial charge in [-0.2, -0.15) is 0 Å². The van der Waals surface area contributed by atoms with Crippen LogP contribution < -0.4 is 10.6 Å². The molecule has 0 rings (SSSR count). The Kier molecular flexibility index (Phi) is 27.9. The molecule has 0 saturated carbocycles. The minimum absolute atomic E-state index is 0.0180. The molecule has 0 heterocycles. The first-order valence-electron chi connectivity index (χ1n) is 15.4. The molecule has 8 heteroatoms. The number of nitrogens with one attached hydrogen (secondary N) is 2. The highest BCUT2D eigenvalue weighted by molar-refractivity contribution is 5.76. The number of aliphatic hydroxyl groups is 2. The lowest BCUT2D eigenvalue weighted by atomic mass is 9.93. The summed E-state index contributed by atoms with van der Waals surface area (Å²) in [7, 11) is 0. The molecule has 4 N–H and O–H groups in total. The van der Waals surface area contributed by atoms with Crippen LogP contribution in [0.4, 0.5) is 0 Å². The third kappa shape index (κ3) is 27.8. The van der Waals surface area contributed by atoms with Crippen molar-refractivity contribution in [1.82, 2.24) is 10.6 Å². The second-order valence-corrected chi connectivity index (χ2v) is 10.8. The summed E-state index contributed by atoms with van der Waals surface area (Å²) in [6, 6.07) is 0. The topological polar surface area (TPSA) is 117 Å². The van der Waals surface area contributed by atoms with E-state index >= 15 is 0 Å². The summed E-state index contributed by atoms with van der Waals surface area (Å²) in [5.41, 5.74) is 0. The fourth-order valence-corrected chi connectivity index (χ4v) is 4.57. The van der Waals surface area contributed by atoms with Crippen molar-refractivity contribution >= 4 is 11.8 Å². The number of ether oxygens (including phenoxy) is 2. The van der Waals surface area contributed by atoms with E-state index in [1.54, 1.807) is 0 Å².